The molecule has 0 spiro atoms. The minimum absolute atomic E-state index is 0.550. The fourth-order valence-electron chi connectivity index (χ4n) is 18.8. The SMILES string of the molecule is c1ccc(C2(c3ccccc3)c3ccccc3-c3ccc(-c4cc5c6c(c4)n4c7cc8cc(-c9ccc%10cc%11nc%12n(c%11cc%10c9)c9cc(-c%10ccc%11sc%13ccccc%13c%11c%10)cc%10c9n%12c9nc%11cc%12ccccc%12cc%11n%109)ccc8cc7nc4n6c4nc6cc7ccccc7cc6n54)cc32)cc1. The van der Waals surface area contributed by atoms with Crippen LogP contribution in [0.4, 0.5) is 0 Å². The third kappa shape index (κ3) is 6.80. The molecule has 9 aromatic heterocycles. The van der Waals surface area contributed by atoms with E-state index in [1.54, 1.807) is 0 Å². The van der Waals surface area contributed by atoms with Crippen molar-refractivity contribution in [1.29, 1.82) is 0 Å². The molecule has 0 aliphatic heterocycles. The summed E-state index contributed by atoms with van der Waals surface area (Å²) in [6.07, 6.45) is 0. The molecule has 26 rings (SSSR count). The molecular formula is C93H50N10S. The van der Waals surface area contributed by atoms with Gasteiger partial charge in [-0.15, -0.1) is 11.3 Å². The Bertz CT molecular complexity index is 8140. The summed E-state index contributed by atoms with van der Waals surface area (Å²) in [5.41, 5.74) is 28.4. The van der Waals surface area contributed by atoms with Crippen molar-refractivity contribution in [3.63, 3.8) is 0 Å². The van der Waals surface area contributed by atoms with Gasteiger partial charge < -0.3 is 0 Å². The molecule has 11 heteroatoms. The van der Waals surface area contributed by atoms with Crippen molar-refractivity contribution in [3.8, 4) is 44.5 Å². The van der Waals surface area contributed by atoms with Crippen LogP contribution in [0.15, 0.2) is 303 Å². The highest BCUT2D eigenvalue weighted by atomic mass is 32.1. The first kappa shape index (κ1) is 54.1. The Hall–Kier alpha value is -13.7. The van der Waals surface area contributed by atoms with Crippen molar-refractivity contribution in [2.75, 3.05) is 0 Å². The van der Waals surface area contributed by atoms with E-state index in [9.17, 15) is 0 Å². The monoisotopic (exact) mass is 1340 g/mol. The Balaban J connectivity index is 0.661. The molecule has 1 aliphatic carbocycles. The van der Waals surface area contributed by atoms with E-state index in [1.807, 2.05) is 11.3 Å². The topological polar surface area (TPSA) is 78.0 Å². The van der Waals surface area contributed by atoms with Gasteiger partial charge in [0.25, 0.3) is 0 Å². The minimum Gasteiger partial charge on any atom is -0.276 e. The van der Waals surface area contributed by atoms with E-state index in [-0.39, 0.29) is 0 Å². The van der Waals surface area contributed by atoms with Gasteiger partial charge in [0.05, 0.1) is 71.6 Å². The molecule has 0 saturated heterocycles. The first-order chi connectivity index (χ1) is 51.5. The molecule has 25 aromatic rings. The molecule has 104 heavy (non-hydrogen) atoms. The highest BCUT2D eigenvalue weighted by molar-refractivity contribution is 7.25. The van der Waals surface area contributed by atoms with Crippen molar-refractivity contribution >= 4 is 175 Å². The van der Waals surface area contributed by atoms with Crippen LogP contribution < -0.4 is 0 Å². The normalized spacial score (nSPS) is 13.5. The molecule has 0 bridgehead atoms. The van der Waals surface area contributed by atoms with E-state index < -0.39 is 5.41 Å². The first-order valence-corrected chi connectivity index (χ1v) is 36.3. The van der Waals surface area contributed by atoms with Gasteiger partial charge in [0.1, 0.15) is 11.0 Å². The largest absolute Gasteiger partial charge is 0.276 e. The van der Waals surface area contributed by atoms with Crippen LogP contribution in [0.25, 0.3) is 208 Å². The van der Waals surface area contributed by atoms with Crippen molar-refractivity contribution in [2.24, 2.45) is 0 Å². The summed E-state index contributed by atoms with van der Waals surface area (Å²) in [6, 6.07) is 113. The number of nitrogens with zero attached hydrogens (tertiary/aromatic N) is 10. The minimum atomic E-state index is -0.550. The summed E-state index contributed by atoms with van der Waals surface area (Å²) >= 11 is 1.85. The van der Waals surface area contributed by atoms with Crippen LogP contribution in [0.3, 0.4) is 0 Å². The first-order valence-electron chi connectivity index (χ1n) is 35.5. The Morgan fingerprint density at radius 3 is 1.12 bits per heavy atom. The number of benzene rings is 16. The fourth-order valence-corrected chi connectivity index (χ4v) is 19.9. The van der Waals surface area contributed by atoms with Crippen LogP contribution in [-0.4, -0.2) is 46.3 Å². The van der Waals surface area contributed by atoms with Crippen LogP contribution in [-0.2, 0) is 5.41 Å². The van der Waals surface area contributed by atoms with Crippen molar-refractivity contribution in [1.82, 2.24) is 46.3 Å². The molecule has 0 N–H and O–H groups in total. The van der Waals surface area contributed by atoms with E-state index in [0.29, 0.717) is 0 Å². The van der Waals surface area contributed by atoms with E-state index >= 15 is 0 Å². The van der Waals surface area contributed by atoms with Crippen LogP contribution in [0, 0.1) is 0 Å². The quantitative estimate of drug-likeness (QED) is 0.172. The third-order valence-electron chi connectivity index (χ3n) is 23.4. The lowest BCUT2D eigenvalue weighted by Crippen LogP contribution is -2.28. The van der Waals surface area contributed by atoms with Crippen molar-refractivity contribution in [3.05, 3.63) is 326 Å². The second kappa shape index (κ2) is 19.0. The Kier molecular flexibility index (Phi) is 9.89. The molecule has 0 atom stereocenters. The number of imidazole rings is 8. The molecule has 9 heterocycles. The van der Waals surface area contributed by atoms with Gasteiger partial charge in [-0.25, -0.2) is 28.7 Å². The standard InChI is InChI=1S/C93H50N10S/c1-3-19-65(20-4-1)93(66-21-5-2-6-22-66)71-25-13-11-23-67(71)68-33-31-58(38-72(68)93)64-49-83-88-84(50-64)101-80-46-62-36-56(28-30-60(62)42-76(80)97-92(101)103(88)90-95-74-40-52-16-8-10-18-54(52)44-78(74)99(83)90)55-27-29-59-41-75-79(45-61(59)35-55)100-82-48-63(57-32-34-86-70(37-57)69-24-12-14-26-85(69)104-86)47-81-87(82)102(91(100)96-75)89-94-73-39-51-15-7-9-17-53(51)43-77(73)98(81)89/h1-50H. The van der Waals surface area contributed by atoms with Crippen molar-refractivity contribution < 1.29 is 0 Å². The zero-order valence-electron chi connectivity index (χ0n) is 55.2. The average Bonchev–Trinajstić information content (AvgIpc) is 1.52. The highest BCUT2D eigenvalue weighted by Gasteiger charge is 2.46. The Labute approximate surface area is 592 Å². The second-order valence-electron chi connectivity index (χ2n) is 28.7. The lowest BCUT2D eigenvalue weighted by atomic mass is 9.67. The maximum atomic E-state index is 5.61. The zero-order valence-corrected chi connectivity index (χ0v) is 56.1. The van der Waals surface area contributed by atoms with Gasteiger partial charge in [0.15, 0.2) is 0 Å². The van der Waals surface area contributed by atoms with Crippen LogP contribution in [0.1, 0.15) is 22.3 Å². The van der Waals surface area contributed by atoms with Gasteiger partial charge >= 0.3 is 0 Å². The molecule has 0 amide bonds. The Morgan fingerprint density at radius 2 is 0.606 bits per heavy atom. The predicted octanol–water partition coefficient (Wildman–Crippen LogP) is 22.9. The third-order valence-corrected chi connectivity index (χ3v) is 24.5. The number of rotatable bonds is 5. The van der Waals surface area contributed by atoms with Crippen LogP contribution in [0.2, 0.25) is 0 Å². The number of thiophene rings is 1. The summed E-state index contributed by atoms with van der Waals surface area (Å²) in [4.78, 5) is 22.1. The van der Waals surface area contributed by atoms with E-state index in [4.69, 9.17) is 19.9 Å². The maximum Gasteiger partial charge on any atom is 0.223 e. The van der Waals surface area contributed by atoms with Crippen LogP contribution in [0.5, 0.6) is 0 Å². The molecule has 0 fully saturated rings. The van der Waals surface area contributed by atoms with Crippen LogP contribution >= 0.6 is 11.3 Å². The predicted molar refractivity (Wildman–Crippen MR) is 427 cm³/mol. The summed E-state index contributed by atoms with van der Waals surface area (Å²) in [5.74, 6) is 3.36. The number of hydrogen-bond donors (Lipinski definition) is 0. The lowest BCUT2D eigenvalue weighted by molar-refractivity contribution is 0.769. The zero-order chi connectivity index (χ0) is 67.1. The van der Waals surface area contributed by atoms with E-state index in [2.05, 4.69) is 330 Å². The molecule has 1 aliphatic rings. The number of aromatic nitrogens is 10. The molecular weight excluding hydrogens is 1290 g/mol. The molecule has 0 radical (unpaired) electrons. The fraction of sp³-hybridized carbons (Fsp3) is 0.0108. The van der Waals surface area contributed by atoms with Gasteiger partial charge in [-0.05, 0) is 219 Å². The molecule has 10 nitrogen and oxygen atoms in total. The molecule has 16 aromatic carbocycles. The van der Waals surface area contributed by atoms with Gasteiger partial charge in [-0.3, -0.25) is 17.6 Å². The van der Waals surface area contributed by atoms with Gasteiger partial charge in [0, 0.05) is 20.2 Å². The summed E-state index contributed by atoms with van der Waals surface area (Å²) in [7, 11) is 0. The highest BCUT2D eigenvalue weighted by Crippen LogP contribution is 2.57. The summed E-state index contributed by atoms with van der Waals surface area (Å²) < 4.78 is 16.7. The van der Waals surface area contributed by atoms with Gasteiger partial charge in [0.2, 0.25) is 23.1 Å². The van der Waals surface area contributed by atoms with E-state index in [0.717, 1.165) is 155 Å². The van der Waals surface area contributed by atoms with Crippen molar-refractivity contribution in [2.45, 2.75) is 5.41 Å². The maximum absolute atomic E-state index is 5.61. The lowest BCUT2D eigenvalue weighted by Gasteiger charge is -2.34. The molecule has 0 unspecified atom stereocenters. The molecule has 0 saturated carbocycles. The second-order valence-corrected chi connectivity index (χ2v) is 29.7. The Morgan fingerprint density at radius 1 is 0.231 bits per heavy atom. The smallest absolute Gasteiger partial charge is 0.223 e. The summed E-state index contributed by atoms with van der Waals surface area (Å²) in [5, 5.41) is 11.8. The summed E-state index contributed by atoms with van der Waals surface area (Å²) in [6.45, 7) is 0. The van der Waals surface area contributed by atoms with Gasteiger partial charge in [-0.1, -0.05) is 194 Å². The average molecular weight is 1340 g/mol. The molecule has 478 valence electrons. The van der Waals surface area contributed by atoms with E-state index in [1.165, 1.54) is 75.3 Å². The number of fused-ring (bicyclic) bond motifs is 30. The van der Waals surface area contributed by atoms with Gasteiger partial charge in [-0.2, -0.15) is 0 Å². The number of hydrogen-bond acceptors (Lipinski definition) is 5.